The van der Waals surface area contributed by atoms with Gasteiger partial charge in [-0.05, 0) is 29.7 Å². The number of pyridine rings is 1. The zero-order valence-corrected chi connectivity index (χ0v) is 13.5. The van der Waals surface area contributed by atoms with Gasteiger partial charge in [-0.25, -0.2) is 0 Å². The van der Waals surface area contributed by atoms with Crippen molar-refractivity contribution < 1.29 is 13.2 Å². The molecule has 0 saturated carbocycles. The second-order valence-corrected chi connectivity index (χ2v) is 6.20. The lowest BCUT2D eigenvalue weighted by molar-refractivity contribution is -0.127. The molecule has 0 unspecified atom stereocenters. The van der Waals surface area contributed by atoms with E-state index in [4.69, 9.17) is 0 Å². The lowest BCUT2D eigenvalue weighted by Crippen LogP contribution is -2.32. The number of anilines is 1. The third kappa shape index (κ3) is 3.13. The minimum Gasteiger partial charge on any atom is -0.350 e. The maximum absolute atomic E-state index is 12.6. The molecule has 25 heavy (non-hydrogen) atoms. The molecular weight excluding hydrogens is 333 g/mol. The van der Waals surface area contributed by atoms with E-state index in [1.807, 2.05) is 13.0 Å². The van der Waals surface area contributed by atoms with Crippen molar-refractivity contribution in [2.24, 2.45) is 0 Å². The highest BCUT2D eigenvalue weighted by atomic mass is 19.4. The fourth-order valence-corrected chi connectivity index (χ4v) is 3.15. The molecule has 4 heterocycles. The Bertz CT molecular complexity index is 933. The molecule has 0 fully saturated rings. The fraction of sp³-hybridized carbons (Fsp3) is 0.375. The zero-order chi connectivity index (χ0) is 17.6. The van der Waals surface area contributed by atoms with E-state index in [1.165, 1.54) is 12.5 Å². The van der Waals surface area contributed by atoms with E-state index in [9.17, 15) is 13.2 Å². The Morgan fingerprint density at radius 2 is 2.08 bits per heavy atom. The van der Waals surface area contributed by atoms with Gasteiger partial charge in [-0.3, -0.25) is 4.98 Å². The molecule has 0 N–H and O–H groups in total. The Balaban J connectivity index is 1.64. The van der Waals surface area contributed by atoms with E-state index in [2.05, 4.69) is 25.2 Å². The molecule has 3 aromatic heterocycles. The van der Waals surface area contributed by atoms with Crippen LogP contribution >= 0.6 is 0 Å². The van der Waals surface area contributed by atoms with Crippen LogP contribution in [0.3, 0.4) is 0 Å². The number of aryl methyl sites for hydroxylation is 1. The molecular formula is C16H15F3N6. The van der Waals surface area contributed by atoms with E-state index in [-0.39, 0.29) is 5.56 Å². The van der Waals surface area contributed by atoms with E-state index < -0.39 is 12.6 Å². The first kappa shape index (κ1) is 15.8. The largest absolute Gasteiger partial charge is 0.393 e. The van der Waals surface area contributed by atoms with Crippen LogP contribution in [-0.4, -0.2) is 37.5 Å². The smallest absolute Gasteiger partial charge is 0.350 e. The highest BCUT2D eigenvalue weighted by Crippen LogP contribution is 2.27. The van der Waals surface area contributed by atoms with Crippen LogP contribution in [0.1, 0.15) is 22.4 Å². The molecule has 0 spiro atoms. The van der Waals surface area contributed by atoms with E-state index in [0.717, 1.165) is 22.6 Å². The normalized spacial score (nSPS) is 14.8. The van der Waals surface area contributed by atoms with Crippen molar-refractivity contribution in [3.63, 3.8) is 0 Å². The Kier molecular flexibility index (Phi) is 3.59. The van der Waals surface area contributed by atoms with Crippen molar-refractivity contribution in [2.75, 3.05) is 11.4 Å². The maximum Gasteiger partial charge on any atom is 0.393 e. The second kappa shape index (κ2) is 5.68. The molecule has 9 heteroatoms. The summed E-state index contributed by atoms with van der Waals surface area (Å²) in [4.78, 5) is 6.28. The van der Waals surface area contributed by atoms with Crippen molar-refractivity contribution in [2.45, 2.75) is 32.5 Å². The van der Waals surface area contributed by atoms with E-state index >= 15 is 0 Å². The summed E-state index contributed by atoms with van der Waals surface area (Å²) in [6, 6.07) is 3.50. The average Bonchev–Trinajstić information content (AvgIpc) is 2.99. The zero-order valence-electron chi connectivity index (χ0n) is 13.5. The quantitative estimate of drug-likeness (QED) is 0.712. The molecule has 3 aromatic rings. The minimum absolute atomic E-state index is 0.187. The molecule has 0 radical (unpaired) electrons. The number of alkyl halides is 3. The van der Waals surface area contributed by atoms with Gasteiger partial charge >= 0.3 is 6.18 Å². The second-order valence-electron chi connectivity index (χ2n) is 6.20. The number of halogens is 3. The van der Waals surface area contributed by atoms with Crippen molar-refractivity contribution in [3.05, 3.63) is 47.0 Å². The molecule has 4 rings (SSSR count). The third-order valence-corrected chi connectivity index (χ3v) is 4.26. The molecule has 1 aliphatic heterocycles. The first-order valence-electron chi connectivity index (χ1n) is 7.85. The van der Waals surface area contributed by atoms with Crippen LogP contribution < -0.4 is 4.90 Å². The van der Waals surface area contributed by atoms with Gasteiger partial charge in [0.1, 0.15) is 6.33 Å². The monoisotopic (exact) mass is 348 g/mol. The predicted molar refractivity (Wildman–Crippen MR) is 84.3 cm³/mol. The number of rotatable bonds is 2. The van der Waals surface area contributed by atoms with Crippen LogP contribution in [0.5, 0.6) is 0 Å². The highest BCUT2D eigenvalue weighted by molar-refractivity contribution is 5.53. The van der Waals surface area contributed by atoms with Gasteiger partial charge in [0, 0.05) is 31.4 Å². The Morgan fingerprint density at radius 1 is 1.24 bits per heavy atom. The van der Waals surface area contributed by atoms with Gasteiger partial charge in [0.2, 0.25) is 0 Å². The summed E-state index contributed by atoms with van der Waals surface area (Å²) in [5.74, 6) is 0.777. The molecule has 130 valence electrons. The number of aromatic nitrogens is 5. The lowest BCUT2D eigenvalue weighted by atomic mass is 10.0. The number of hydrogen-bond donors (Lipinski definition) is 0. The number of nitrogens with zero attached hydrogens (tertiary/aromatic N) is 6. The summed E-state index contributed by atoms with van der Waals surface area (Å²) in [5, 5.41) is 12.3. The molecule has 0 atom stereocenters. The van der Waals surface area contributed by atoms with Gasteiger partial charge in [-0.15, -0.1) is 15.3 Å². The van der Waals surface area contributed by atoms with Gasteiger partial charge in [-0.2, -0.15) is 17.7 Å². The summed E-state index contributed by atoms with van der Waals surface area (Å²) in [6.45, 7) is 3.13. The topological polar surface area (TPSA) is 59.2 Å². The summed E-state index contributed by atoms with van der Waals surface area (Å²) in [6.07, 6.45) is -1.67. The summed E-state index contributed by atoms with van der Waals surface area (Å²) in [7, 11) is 0. The van der Waals surface area contributed by atoms with Crippen LogP contribution in [0.2, 0.25) is 0 Å². The molecule has 0 bridgehead atoms. The average molecular weight is 348 g/mol. The van der Waals surface area contributed by atoms with Gasteiger partial charge < -0.3 is 4.90 Å². The van der Waals surface area contributed by atoms with Crippen molar-refractivity contribution in [1.29, 1.82) is 0 Å². The van der Waals surface area contributed by atoms with Crippen molar-refractivity contribution in [1.82, 2.24) is 24.8 Å². The fourth-order valence-electron chi connectivity index (χ4n) is 3.15. The third-order valence-electron chi connectivity index (χ3n) is 4.26. The van der Waals surface area contributed by atoms with Gasteiger partial charge in [-0.1, -0.05) is 6.07 Å². The van der Waals surface area contributed by atoms with Crippen LogP contribution in [0.4, 0.5) is 19.0 Å². The van der Waals surface area contributed by atoms with Gasteiger partial charge in [0.15, 0.2) is 11.5 Å². The first-order chi connectivity index (χ1) is 11.9. The molecule has 0 aromatic carbocycles. The number of fused-ring (bicyclic) bond motifs is 2. The van der Waals surface area contributed by atoms with Crippen LogP contribution in [-0.2, 0) is 19.4 Å². The maximum atomic E-state index is 12.6. The number of hydrogen-bond acceptors (Lipinski definition) is 5. The standard InChI is InChI=1S/C16H15F3N6/c1-10-4-14-22-21-9-25(14)23-15(10)24-3-2-13-12(8-24)5-11(7-20-13)6-16(17,18)19/h4-5,7,9H,2-3,6,8H2,1H3. The van der Waals surface area contributed by atoms with E-state index in [1.54, 1.807) is 10.6 Å². The Hall–Kier alpha value is -2.71. The SMILES string of the molecule is Cc1cc2nncn2nc1N1CCc2ncc(CC(F)(F)F)cc2C1. The van der Waals surface area contributed by atoms with Crippen LogP contribution in [0, 0.1) is 6.92 Å². The predicted octanol–water partition coefficient (Wildman–Crippen LogP) is 2.50. The molecule has 0 saturated heterocycles. The minimum atomic E-state index is -4.23. The molecule has 6 nitrogen and oxygen atoms in total. The van der Waals surface area contributed by atoms with Crippen LogP contribution in [0.25, 0.3) is 5.65 Å². The van der Waals surface area contributed by atoms with Gasteiger partial charge in [0.25, 0.3) is 0 Å². The van der Waals surface area contributed by atoms with Crippen molar-refractivity contribution in [3.8, 4) is 0 Å². The molecule has 1 aliphatic rings. The molecule has 0 amide bonds. The summed E-state index contributed by atoms with van der Waals surface area (Å²) in [5.41, 5.74) is 3.46. The Morgan fingerprint density at radius 3 is 2.88 bits per heavy atom. The molecule has 0 aliphatic carbocycles. The highest BCUT2D eigenvalue weighted by Gasteiger charge is 2.29. The summed E-state index contributed by atoms with van der Waals surface area (Å²) >= 11 is 0. The van der Waals surface area contributed by atoms with Crippen LogP contribution in [0.15, 0.2) is 24.7 Å². The lowest BCUT2D eigenvalue weighted by Gasteiger charge is -2.30. The summed E-state index contributed by atoms with van der Waals surface area (Å²) < 4.78 is 39.5. The van der Waals surface area contributed by atoms with Crippen molar-refractivity contribution >= 4 is 11.5 Å². The van der Waals surface area contributed by atoms with Gasteiger partial charge in [0.05, 0.1) is 6.42 Å². The first-order valence-corrected chi connectivity index (χ1v) is 7.85. The van der Waals surface area contributed by atoms with E-state index in [0.29, 0.717) is 25.2 Å². The Labute approximate surface area is 141 Å².